The molecule has 0 spiro atoms. The first-order chi connectivity index (χ1) is 14.7. The molecule has 30 heavy (non-hydrogen) atoms. The zero-order valence-corrected chi connectivity index (χ0v) is 18.0. The molecule has 1 saturated heterocycles. The number of carbonyl (C=O) groups is 1. The van der Waals surface area contributed by atoms with E-state index in [4.69, 9.17) is 4.74 Å². The van der Waals surface area contributed by atoms with Crippen LogP contribution < -0.4 is 10.1 Å². The number of thiophene rings is 1. The zero-order chi connectivity index (χ0) is 20.8. The van der Waals surface area contributed by atoms with Crippen molar-refractivity contribution in [1.82, 2.24) is 15.2 Å². The predicted molar refractivity (Wildman–Crippen MR) is 120 cm³/mol. The predicted octanol–water partition coefficient (Wildman–Crippen LogP) is 4.54. The van der Waals surface area contributed by atoms with Crippen LogP contribution in [-0.4, -0.2) is 36.0 Å². The van der Waals surface area contributed by atoms with Gasteiger partial charge in [-0.3, -0.25) is 14.7 Å². The van der Waals surface area contributed by atoms with Crippen LogP contribution in [0.1, 0.15) is 39.8 Å². The molecule has 4 rings (SSSR count). The molecule has 1 amide bonds. The number of piperidine rings is 1. The van der Waals surface area contributed by atoms with Crippen molar-refractivity contribution in [3.63, 3.8) is 0 Å². The lowest BCUT2D eigenvalue weighted by atomic mass is 9.87. The fraction of sp³-hybridized carbons (Fsp3) is 0.333. The second kappa shape index (κ2) is 9.87. The van der Waals surface area contributed by atoms with Crippen molar-refractivity contribution in [3.05, 3.63) is 82.3 Å². The Morgan fingerprint density at radius 1 is 1.20 bits per heavy atom. The summed E-state index contributed by atoms with van der Waals surface area (Å²) in [6.07, 6.45) is 3.85. The van der Waals surface area contributed by atoms with Gasteiger partial charge in [0.25, 0.3) is 5.91 Å². The fourth-order valence-corrected chi connectivity index (χ4v) is 4.71. The topological polar surface area (TPSA) is 54.5 Å². The monoisotopic (exact) mass is 421 g/mol. The molecule has 3 heterocycles. The Balaban J connectivity index is 1.42. The van der Waals surface area contributed by atoms with E-state index in [9.17, 15) is 4.79 Å². The van der Waals surface area contributed by atoms with E-state index >= 15 is 0 Å². The molecule has 3 aromatic rings. The number of rotatable bonds is 7. The van der Waals surface area contributed by atoms with E-state index in [1.807, 2.05) is 47.8 Å². The molecular formula is C24H27N3O2S. The molecule has 5 nitrogen and oxygen atoms in total. The van der Waals surface area contributed by atoms with Gasteiger partial charge in [-0.15, -0.1) is 11.3 Å². The smallest absolute Gasteiger partial charge is 0.261 e. The number of hydrogen-bond donors (Lipinski definition) is 1. The quantitative estimate of drug-likeness (QED) is 0.609. The number of aromatic nitrogens is 1. The van der Waals surface area contributed by atoms with Crippen molar-refractivity contribution in [2.75, 3.05) is 20.2 Å². The van der Waals surface area contributed by atoms with E-state index < -0.39 is 0 Å². The van der Waals surface area contributed by atoms with Crippen LogP contribution in [0.5, 0.6) is 5.75 Å². The molecule has 1 unspecified atom stereocenters. The summed E-state index contributed by atoms with van der Waals surface area (Å²) in [4.78, 5) is 20.5. The number of hydrogen-bond acceptors (Lipinski definition) is 5. The lowest BCUT2D eigenvalue weighted by molar-refractivity contribution is 0.0892. The molecule has 1 fully saturated rings. The molecule has 1 N–H and O–H groups in total. The Morgan fingerprint density at radius 2 is 2.07 bits per heavy atom. The second-order valence-corrected chi connectivity index (χ2v) is 8.60. The van der Waals surface area contributed by atoms with Crippen molar-refractivity contribution < 1.29 is 9.53 Å². The highest BCUT2D eigenvalue weighted by atomic mass is 32.1. The molecule has 1 aliphatic rings. The van der Waals surface area contributed by atoms with Gasteiger partial charge in [0.2, 0.25) is 0 Å². The lowest BCUT2D eigenvalue weighted by Crippen LogP contribution is -2.40. The van der Waals surface area contributed by atoms with Crippen LogP contribution in [0.4, 0.5) is 0 Å². The van der Waals surface area contributed by atoms with Gasteiger partial charge in [-0.1, -0.05) is 24.3 Å². The lowest BCUT2D eigenvalue weighted by Gasteiger charge is -2.36. The van der Waals surface area contributed by atoms with Crippen molar-refractivity contribution in [2.45, 2.75) is 25.4 Å². The number of methoxy groups -OCH3 is 1. The Bertz CT molecular complexity index is 938. The first-order valence-electron chi connectivity index (χ1n) is 10.3. The molecule has 0 bridgehead atoms. The molecule has 0 radical (unpaired) electrons. The van der Waals surface area contributed by atoms with Gasteiger partial charge in [-0.2, -0.15) is 0 Å². The van der Waals surface area contributed by atoms with Gasteiger partial charge in [-0.25, -0.2) is 0 Å². The number of benzene rings is 1. The van der Waals surface area contributed by atoms with Crippen molar-refractivity contribution in [2.24, 2.45) is 5.92 Å². The molecule has 0 saturated carbocycles. The van der Waals surface area contributed by atoms with E-state index in [1.54, 1.807) is 13.3 Å². The Morgan fingerprint density at radius 3 is 2.77 bits per heavy atom. The zero-order valence-electron chi connectivity index (χ0n) is 17.2. The van der Waals surface area contributed by atoms with E-state index in [2.05, 4.69) is 27.3 Å². The normalized spacial score (nSPS) is 16.2. The number of ether oxygens (including phenoxy) is 1. The maximum absolute atomic E-state index is 12.7. The van der Waals surface area contributed by atoms with Crippen LogP contribution in [0.25, 0.3) is 0 Å². The number of amides is 1. The van der Waals surface area contributed by atoms with E-state index in [0.717, 1.165) is 48.8 Å². The van der Waals surface area contributed by atoms with Crippen LogP contribution in [0.15, 0.2) is 66.2 Å². The van der Waals surface area contributed by atoms with Crippen molar-refractivity contribution in [1.29, 1.82) is 0 Å². The van der Waals surface area contributed by atoms with E-state index in [-0.39, 0.29) is 11.9 Å². The average molecular weight is 422 g/mol. The van der Waals surface area contributed by atoms with Gasteiger partial charge in [0, 0.05) is 12.7 Å². The number of likely N-dealkylation sites (tertiary alicyclic amines) is 1. The molecule has 0 aliphatic carbocycles. The summed E-state index contributed by atoms with van der Waals surface area (Å²) in [7, 11) is 1.70. The number of nitrogens with zero attached hydrogens (tertiary/aromatic N) is 2. The summed E-state index contributed by atoms with van der Waals surface area (Å²) >= 11 is 1.47. The van der Waals surface area contributed by atoms with Crippen LogP contribution in [0.3, 0.4) is 0 Å². The van der Waals surface area contributed by atoms with Gasteiger partial charge >= 0.3 is 0 Å². The molecule has 2 aromatic heterocycles. The van der Waals surface area contributed by atoms with Crippen LogP contribution in [-0.2, 0) is 6.54 Å². The molecule has 1 atom stereocenters. The average Bonchev–Trinajstić information content (AvgIpc) is 3.34. The highest BCUT2D eigenvalue weighted by Gasteiger charge is 2.30. The first-order valence-corrected chi connectivity index (χ1v) is 11.2. The number of carbonyl (C=O) groups excluding carboxylic acids is 1. The van der Waals surface area contributed by atoms with Gasteiger partial charge in [0.1, 0.15) is 5.75 Å². The first kappa shape index (κ1) is 20.6. The molecule has 156 valence electrons. The summed E-state index contributed by atoms with van der Waals surface area (Å²) in [6.45, 7) is 2.92. The van der Waals surface area contributed by atoms with Crippen LogP contribution in [0.2, 0.25) is 0 Å². The molecule has 1 aromatic carbocycles. The van der Waals surface area contributed by atoms with Gasteiger partial charge < -0.3 is 10.1 Å². The standard InChI is InChI=1S/C24H27N3O2S/c1-29-20-7-4-6-18(16-20)17-27-13-10-19(11-14-27)23(21-8-2-3-12-25-21)26-24(28)22-9-5-15-30-22/h2-9,12,15-16,19,23H,10-11,13-14,17H2,1H3,(H,26,28). The third-order valence-corrected chi connectivity index (χ3v) is 6.55. The van der Waals surface area contributed by atoms with Crippen molar-refractivity contribution >= 4 is 17.2 Å². The maximum Gasteiger partial charge on any atom is 0.261 e. The van der Waals surface area contributed by atoms with Gasteiger partial charge in [0.05, 0.1) is 23.7 Å². The van der Waals surface area contributed by atoms with Gasteiger partial charge in [0.15, 0.2) is 0 Å². The third kappa shape index (κ3) is 5.07. The van der Waals surface area contributed by atoms with Crippen molar-refractivity contribution in [3.8, 4) is 5.75 Å². The summed E-state index contributed by atoms with van der Waals surface area (Å²) in [5, 5.41) is 5.19. The second-order valence-electron chi connectivity index (χ2n) is 7.65. The fourth-order valence-electron chi connectivity index (χ4n) is 4.09. The van der Waals surface area contributed by atoms with Gasteiger partial charge in [-0.05, 0) is 73.1 Å². The summed E-state index contributed by atoms with van der Waals surface area (Å²) in [6, 6.07) is 17.9. The third-order valence-electron chi connectivity index (χ3n) is 5.68. The van der Waals surface area contributed by atoms with E-state index in [1.165, 1.54) is 16.9 Å². The number of pyridine rings is 1. The summed E-state index contributed by atoms with van der Waals surface area (Å²) in [5.74, 6) is 1.25. The van der Waals surface area contributed by atoms with E-state index in [0.29, 0.717) is 5.92 Å². The Labute approximate surface area is 181 Å². The number of nitrogens with one attached hydrogen (secondary N) is 1. The molecule has 6 heteroatoms. The molecule has 1 aliphatic heterocycles. The molecular weight excluding hydrogens is 394 g/mol. The highest BCUT2D eigenvalue weighted by Crippen LogP contribution is 2.31. The summed E-state index contributed by atoms with van der Waals surface area (Å²) in [5.41, 5.74) is 2.20. The Kier molecular flexibility index (Phi) is 6.77. The minimum atomic E-state index is -0.0697. The van der Waals surface area contributed by atoms with Crippen LogP contribution in [0, 0.1) is 5.92 Å². The minimum Gasteiger partial charge on any atom is -0.497 e. The highest BCUT2D eigenvalue weighted by molar-refractivity contribution is 7.12. The SMILES string of the molecule is COc1cccc(CN2CCC(C(NC(=O)c3cccs3)c3ccccn3)CC2)c1. The minimum absolute atomic E-state index is 0.0144. The maximum atomic E-state index is 12.7. The summed E-state index contributed by atoms with van der Waals surface area (Å²) < 4.78 is 5.34. The Hall–Kier alpha value is -2.70. The van der Waals surface area contributed by atoms with Crippen LogP contribution >= 0.6 is 11.3 Å². The largest absolute Gasteiger partial charge is 0.497 e.